The number of unbranched alkanes of at least 4 members (excludes halogenated alkanes) is 1. The van der Waals surface area contributed by atoms with Gasteiger partial charge in [-0.2, -0.15) is 0 Å². The summed E-state index contributed by atoms with van der Waals surface area (Å²) in [7, 11) is 0. The summed E-state index contributed by atoms with van der Waals surface area (Å²) in [6.07, 6.45) is 3.83. The van der Waals surface area contributed by atoms with Crippen molar-refractivity contribution in [2.45, 2.75) is 39.2 Å². The fourth-order valence-corrected chi connectivity index (χ4v) is 1.95. The van der Waals surface area contributed by atoms with Crippen molar-refractivity contribution >= 4 is 0 Å². The monoisotopic (exact) mass is 214 g/mol. The third-order valence-electron chi connectivity index (χ3n) is 3.07. The lowest BCUT2D eigenvalue weighted by Crippen LogP contribution is -2.43. The van der Waals surface area contributed by atoms with E-state index in [9.17, 15) is 0 Å². The van der Waals surface area contributed by atoms with E-state index in [1.54, 1.807) is 0 Å². The maximum absolute atomic E-state index is 5.45. The van der Waals surface area contributed by atoms with E-state index >= 15 is 0 Å². The van der Waals surface area contributed by atoms with Gasteiger partial charge in [-0.05, 0) is 32.5 Å². The van der Waals surface area contributed by atoms with Gasteiger partial charge in [0.15, 0.2) is 0 Å². The van der Waals surface area contributed by atoms with Crippen molar-refractivity contribution in [2.75, 3.05) is 39.4 Å². The predicted molar refractivity (Wildman–Crippen MR) is 64.2 cm³/mol. The van der Waals surface area contributed by atoms with E-state index in [2.05, 4.69) is 24.1 Å². The third kappa shape index (κ3) is 5.50. The molecule has 0 aromatic heterocycles. The highest BCUT2D eigenvalue weighted by Crippen LogP contribution is 2.02. The van der Waals surface area contributed by atoms with Gasteiger partial charge in [-0.3, -0.25) is 0 Å². The van der Waals surface area contributed by atoms with Crippen molar-refractivity contribution in [3.05, 3.63) is 0 Å². The lowest BCUT2D eigenvalue weighted by molar-refractivity contribution is 0.0701. The first kappa shape index (κ1) is 12.9. The smallest absolute Gasteiger partial charge is 0.0620 e. The minimum Gasteiger partial charge on any atom is -0.379 e. The van der Waals surface area contributed by atoms with Gasteiger partial charge < -0.3 is 15.0 Å². The maximum atomic E-state index is 5.45. The Kier molecular flexibility index (Phi) is 6.98. The van der Waals surface area contributed by atoms with E-state index < -0.39 is 0 Å². The summed E-state index contributed by atoms with van der Waals surface area (Å²) >= 11 is 0. The van der Waals surface area contributed by atoms with Crippen LogP contribution in [0.15, 0.2) is 0 Å². The molecule has 1 rings (SSSR count). The summed E-state index contributed by atoms with van der Waals surface area (Å²) < 4.78 is 5.45. The second kappa shape index (κ2) is 8.08. The van der Waals surface area contributed by atoms with Crippen molar-refractivity contribution in [3.63, 3.8) is 0 Å². The zero-order chi connectivity index (χ0) is 10.9. The first-order chi connectivity index (χ1) is 7.36. The number of nitrogens with one attached hydrogen (secondary N) is 1. The quantitative estimate of drug-likeness (QED) is 0.695. The van der Waals surface area contributed by atoms with E-state index in [0.29, 0.717) is 6.04 Å². The molecule has 1 aliphatic rings. The molecule has 1 saturated heterocycles. The van der Waals surface area contributed by atoms with Gasteiger partial charge in [0.25, 0.3) is 0 Å². The molecule has 0 aromatic carbocycles. The van der Waals surface area contributed by atoms with Crippen molar-refractivity contribution in [1.29, 1.82) is 0 Å². The van der Waals surface area contributed by atoms with Crippen LogP contribution in [0.3, 0.4) is 0 Å². The summed E-state index contributed by atoms with van der Waals surface area (Å²) in [5.41, 5.74) is 0. The average Bonchev–Trinajstić information content (AvgIpc) is 2.31. The highest BCUT2D eigenvalue weighted by Gasteiger charge is 2.13. The van der Waals surface area contributed by atoms with Crippen LogP contribution in [0.1, 0.15) is 33.1 Å². The standard InChI is InChI=1S/C12H26N2O/c1-3-5-8-14(4-2)9-6-12-11-15-10-7-13-12/h12-13H,3-11H2,1-2H3. The molecule has 0 aliphatic carbocycles. The van der Waals surface area contributed by atoms with Crippen LogP contribution in [-0.2, 0) is 4.74 Å². The fraction of sp³-hybridized carbons (Fsp3) is 1.00. The van der Waals surface area contributed by atoms with Crippen molar-refractivity contribution in [3.8, 4) is 0 Å². The van der Waals surface area contributed by atoms with E-state index in [0.717, 1.165) is 19.8 Å². The van der Waals surface area contributed by atoms with Crippen LogP contribution in [0.25, 0.3) is 0 Å². The Morgan fingerprint density at radius 2 is 2.20 bits per heavy atom. The van der Waals surface area contributed by atoms with Crippen LogP contribution in [0.4, 0.5) is 0 Å². The molecule has 90 valence electrons. The number of hydrogen-bond donors (Lipinski definition) is 1. The largest absolute Gasteiger partial charge is 0.379 e. The highest BCUT2D eigenvalue weighted by atomic mass is 16.5. The van der Waals surface area contributed by atoms with Gasteiger partial charge in [0.2, 0.25) is 0 Å². The Bertz CT molecular complexity index is 147. The molecule has 0 spiro atoms. The molecule has 0 aromatic rings. The lowest BCUT2D eigenvalue weighted by Gasteiger charge is -2.27. The number of rotatable bonds is 7. The second-order valence-corrected chi connectivity index (χ2v) is 4.30. The van der Waals surface area contributed by atoms with Crippen LogP contribution in [0.2, 0.25) is 0 Å². The summed E-state index contributed by atoms with van der Waals surface area (Å²) in [6.45, 7) is 10.9. The molecule has 1 fully saturated rings. The molecule has 1 N–H and O–H groups in total. The van der Waals surface area contributed by atoms with Crippen molar-refractivity contribution < 1.29 is 4.74 Å². The first-order valence-corrected chi connectivity index (χ1v) is 6.40. The molecule has 3 nitrogen and oxygen atoms in total. The molecule has 0 saturated carbocycles. The summed E-state index contributed by atoms with van der Waals surface area (Å²) in [5.74, 6) is 0. The molecule has 0 amide bonds. The summed E-state index contributed by atoms with van der Waals surface area (Å²) in [6, 6.07) is 0.578. The minimum absolute atomic E-state index is 0.578. The molecular weight excluding hydrogens is 188 g/mol. The van der Waals surface area contributed by atoms with E-state index in [1.807, 2.05) is 0 Å². The number of morpholine rings is 1. The van der Waals surface area contributed by atoms with Gasteiger partial charge in [-0.15, -0.1) is 0 Å². The highest BCUT2D eigenvalue weighted by molar-refractivity contribution is 4.71. The molecule has 0 radical (unpaired) electrons. The van der Waals surface area contributed by atoms with Gasteiger partial charge in [0, 0.05) is 12.6 Å². The fourth-order valence-electron chi connectivity index (χ4n) is 1.95. The molecule has 1 heterocycles. The maximum Gasteiger partial charge on any atom is 0.0620 e. The zero-order valence-electron chi connectivity index (χ0n) is 10.3. The molecular formula is C12H26N2O. The predicted octanol–water partition coefficient (Wildman–Crippen LogP) is 1.49. The summed E-state index contributed by atoms with van der Waals surface area (Å²) in [5, 5.41) is 3.50. The normalized spacial score (nSPS) is 22.2. The molecule has 1 atom stereocenters. The zero-order valence-corrected chi connectivity index (χ0v) is 10.3. The Morgan fingerprint density at radius 3 is 2.80 bits per heavy atom. The Hall–Kier alpha value is -0.120. The third-order valence-corrected chi connectivity index (χ3v) is 3.07. The van der Waals surface area contributed by atoms with Crippen LogP contribution >= 0.6 is 0 Å². The van der Waals surface area contributed by atoms with Crippen LogP contribution in [0.5, 0.6) is 0 Å². The Labute approximate surface area is 94.2 Å². The Morgan fingerprint density at radius 1 is 1.33 bits per heavy atom. The van der Waals surface area contributed by atoms with Crippen molar-refractivity contribution in [2.24, 2.45) is 0 Å². The second-order valence-electron chi connectivity index (χ2n) is 4.30. The van der Waals surface area contributed by atoms with E-state index in [4.69, 9.17) is 4.74 Å². The molecule has 15 heavy (non-hydrogen) atoms. The van der Waals surface area contributed by atoms with Gasteiger partial charge in [0.1, 0.15) is 0 Å². The van der Waals surface area contributed by atoms with Crippen LogP contribution < -0.4 is 5.32 Å². The van der Waals surface area contributed by atoms with Gasteiger partial charge >= 0.3 is 0 Å². The lowest BCUT2D eigenvalue weighted by atomic mass is 10.2. The SMILES string of the molecule is CCCCN(CC)CCC1COCCN1. The number of ether oxygens (including phenoxy) is 1. The molecule has 1 aliphatic heterocycles. The van der Waals surface area contributed by atoms with Crippen LogP contribution in [-0.4, -0.2) is 50.3 Å². The first-order valence-electron chi connectivity index (χ1n) is 6.40. The molecule has 0 bridgehead atoms. The number of hydrogen-bond acceptors (Lipinski definition) is 3. The molecule has 1 unspecified atom stereocenters. The molecule has 3 heteroatoms. The topological polar surface area (TPSA) is 24.5 Å². The van der Waals surface area contributed by atoms with Crippen molar-refractivity contribution in [1.82, 2.24) is 10.2 Å². The minimum atomic E-state index is 0.578. The van der Waals surface area contributed by atoms with Gasteiger partial charge in [-0.25, -0.2) is 0 Å². The van der Waals surface area contributed by atoms with Gasteiger partial charge in [0.05, 0.1) is 13.2 Å². The van der Waals surface area contributed by atoms with Gasteiger partial charge in [-0.1, -0.05) is 20.3 Å². The van der Waals surface area contributed by atoms with Crippen LogP contribution in [0, 0.1) is 0 Å². The van der Waals surface area contributed by atoms with E-state index in [-0.39, 0.29) is 0 Å². The van der Waals surface area contributed by atoms with E-state index in [1.165, 1.54) is 38.9 Å². The Balaban J connectivity index is 2.09. The number of nitrogens with zero attached hydrogens (tertiary/aromatic N) is 1. The average molecular weight is 214 g/mol. The summed E-state index contributed by atoms with van der Waals surface area (Å²) in [4.78, 5) is 2.54.